The highest BCUT2D eigenvalue weighted by Gasteiger charge is 2.40. The number of aliphatic hydroxyl groups is 2. The number of carbonyl (C=O) groups is 2. The van der Waals surface area contributed by atoms with Gasteiger partial charge in [0.05, 0.1) is 18.7 Å². The van der Waals surface area contributed by atoms with Crippen LogP contribution in [0.25, 0.3) is 0 Å². The van der Waals surface area contributed by atoms with Crippen LogP contribution in [-0.2, 0) is 13.2 Å². The molecule has 1 saturated heterocycles. The minimum absolute atomic E-state index is 0.00365. The molecule has 2 aliphatic rings. The molecule has 1 aromatic heterocycles. The fourth-order valence-electron chi connectivity index (χ4n) is 5.08. The zero-order valence-electron chi connectivity index (χ0n) is 22.0. The van der Waals surface area contributed by atoms with E-state index in [0.717, 1.165) is 25.2 Å². The molecule has 0 spiro atoms. The number of nitrogens with zero attached hydrogens (tertiary/aromatic N) is 2. The van der Waals surface area contributed by atoms with Crippen LogP contribution in [0, 0.1) is 11.6 Å². The van der Waals surface area contributed by atoms with Crippen LogP contribution in [0.2, 0.25) is 0 Å². The monoisotopic (exact) mass is 555 g/mol. The third-order valence-corrected chi connectivity index (χ3v) is 7.11. The molecule has 3 N–H and O–H groups in total. The number of hydrogen-bond acceptors (Lipinski definition) is 6. The lowest BCUT2D eigenvalue weighted by atomic mass is 10.1. The van der Waals surface area contributed by atoms with Gasteiger partial charge in [0.1, 0.15) is 23.8 Å². The zero-order valence-corrected chi connectivity index (χ0v) is 22.0. The number of nitrogens with one attached hydrogen (secondary N) is 1. The molecule has 2 amide bonds. The molecule has 2 bridgehead atoms. The Kier molecular flexibility index (Phi) is 9.28. The molecular formula is C29H31F2N3O6. The van der Waals surface area contributed by atoms with Gasteiger partial charge in [-0.05, 0) is 30.9 Å². The molecule has 0 aliphatic carbocycles. The molecule has 212 valence electrons. The summed E-state index contributed by atoms with van der Waals surface area (Å²) in [6.45, 7) is -0.125. The Hall–Kier alpha value is -4.09. The molecule has 2 unspecified atom stereocenters. The largest absolute Gasteiger partial charge is 0.483 e. The van der Waals surface area contributed by atoms with E-state index in [-0.39, 0.29) is 54.4 Å². The lowest BCUT2D eigenvalue weighted by molar-refractivity contribution is 0.0499. The van der Waals surface area contributed by atoms with Crippen molar-refractivity contribution >= 4 is 11.8 Å². The second-order valence-electron chi connectivity index (χ2n) is 9.53. The molecule has 2 atom stereocenters. The molecule has 5 rings (SSSR count). The molecule has 3 heterocycles. The molecule has 3 aromatic rings. The molecule has 0 saturated carbocycles. The Morgan fingerprint density at radius 3 is 2.55 bits per heavy atom. The minimum Gasteiger partial charge on any atom is -0.483 e. The number of aromatic nitrogens is 1. The van der Waals surface area contributed by atoms with Gasteiger partial charge in [-0.1, -0.05) is 36.4 Å². The Morgan fingerprint density at radius 2 is 1.85 bits per heavy atom. The van der Waals surface area contributed by atoms with Crippen molar-refractivity contribution in [2.75, 3.05) is 20.3 Å². The Labute approximate surface area is 229 Å². The summed E-state index contributed by atoms with van der Waals surface area (Å²) in [5.41, 5.74) is -0.144. The number of amides is 2. The normalized spacial score (nSPS) is 17.7. The van der Waals surface area contributed by atoms with Gasteiger partial charge in [-0.15, -0.1) is 0 Å². The SMILES string of the molecule is CO.O=C(NCc1ccc(F)cc1F)c1cn2c(c(OCc3ccccc3)c1=O)C(=O)N1CC2CCCC1CO. The van der Waals surface area contributed by atoms with Gasteiger partial charge in [0.15, 0.2) is 11.4 Å². The molecule has 0 radical (unpaired) electrons. The van der Waals surface area contributed by atoms with E-state index in [1.54, 1.807) is 9.47 Å². The number of pyridine rings is 1. The van der Waals surface area contributed by atoms with E-state index < -0.39 is 28.9 Å². The average Bonchev–Trinajstić information content (AvgIpc) is 3.16. The van der Waals surface area contributed by atoms with Crippen molar-refractivity contribution in [3.63, 3.8) is 0 Å². The molecule has 40 heavy (non-hydrogen) atoms. The first-order valence-corrected chi connectivity index (χ1v) is 12.9. The molecule has 1 fully saturated rings. The minimum atomic E-state index is -0.818. The van der Waals surface area contributed by atoms with E-state index >= 15 is 0 Å². The van der Waals surface area contributed by atoms with Gasteiger partial charge < -0.3 is 29.7 Å². The van der Waals surface area contributed by atoms with E-state index in [9.17, 15) is 28.3 Å². The number of benzene rings is 2. The van der Waals surface area contributed by atoms with Gasteiger partial charge in [0.2, 0.25) is 5.43 Å². The summed E-state index contributed by atoms with van der Waals surface area (Å²) in [7, 11) is 1.00. The summed E-state index contributed by atoms with van der Waals surface area (Å²) < 4.78 is 34.9. The topological polar surface area (TPSA) is 121 Å². The van der Waals surface area contributed by atoms with Crippen molar-refractivity contribution in [2.45, 2.75) is 44.5 Å². The van der Waals surface area contributed by atoms with Gasteiger partial charge in [-0.3, -0.25) is 14.4 Å². The predicted octanol–water partition coefficient (Wildman–Crippen LogP) is 2.79. The summed E-state index contributed by atoms with van der Waals surface area (Å²) in [4.78, 5) is 41.9. The first-order chi connectivity index (χ1) is 19.4. The summed E-state index contributed by atoms with van der Waals surface area (Å²) >= 11 is 0. The van der Waals surface area contributed by atoms with Crippen LogP contribution < -0.4 is 15.5 Å². The van der Waals surface area contributed by atoms with Gasteiger partial charge in [-0.2, -0.15) is 0 Å². The highest BCUT2D eigenvalue weighted by atomic mass is 19.1. The number of aliphatic hydroxyl groups excluding tert-OH is 2. The van der Waals surface area contributed by atoms with Gasteiger partial charge in [0, 0.05) is 38.0 Å². The van der Waals surface area contributed by atoms with E-state index in [4.69, 9.17) is 9.84 Å². The number of halogens is 2. The van der Waals surface area contributed by atoms with Crippen LogP contribution in [0.4, 0.5) is 8.78 Å². The number of carbonyl (C=O) groups excluding carboxylic acids is 2. The molecular weight excluding hydrogens is 524 g/mol. The van der Waals surface area contributed by atoms with E-state index in [1.807, 2.05) is 30.3 Å². The van der Waals surface area contributed by atoms with Crippen molar-refractivity contribution < 1.29 is 33.3 Å². The summed E-state index contributed by atoms with van der Waals surface area (Å²) in [6.07, 6.45) is 3.41. The van der Waals surface area contributed by atoms with Crippen LogP contribution in [0.5, 0.6) is 5.75 Å². The maximum atomic E-state index is 14.1. The first kappa shape index (κ1) is 28.9. The van der Waals surface area contributed by atoms with Gasteiger partial charge >= 0.3 is 0 Å². The quantitative estimate of drug-likeness (QED) is 0.412. The second kappa shape index (κ2) is 12.8. The summed E-state index contributed by atoms with van der Waals surface area (Å²) in [5.74, 6) is -3.01. The van der Waals surface area contributed by atoms with Crippen molar-refractivity contribution in [2.24, 2.45) is 0 Å². The van der Waals surface area contributed by atoms with E-state index in [2.05, 4.69) is 5.32 Å². The van der Waals surface area contributed by atoms with Crippen molar-refractivity contribution in [1.82, 2.24) is 14.8 Å². The number of fused-ring (bicyclic) bond motifs is 4. The van der Waals surface area contributed by atoms with Gasteiger partial charge in [-0.25, -0.2) is 8.78 Å². The Balaban J connectivity index is 0.00000181. The maximum absolute atomic E-state index is 14.1. The third-order valence-electron chi connectivity index (χ3n) is 7.11. The van der Waals surface area contributed by atoms with Crippen LogP contribution in [-0.4, -0.2) is 57.8 Å². The van der Waals surface area contributed by atoms with Crippen molar-refractivity contribution in [1.29, 1.82) is 0 Å². The van der Waals surface area contributed by atoms with Crippen molar-refractivity contribution in [3.8, 4) is 5.75 Å². The van der Waals surface area contributed by atoms with Gasteiger partial charge in [0.25, 0.3) is 11.8 Å². The highest BCUT2D eigenvalue weighted by Crippen LogP contribution is 2.34. The standard InChI is InChI=1S/C28H27F2N3O5.CH4O/c29-19-10-9-18(23(30)11-19)12-31-27(36)22-14-32-20-7-4-8-21(15-34)33(13-20)28(37)24(32)26(25(22)35)38-16-17-5-2-1-3-6-17;1-2/h1-3,5-6,9-11,14,20-21,34H,4,7-8,12-13,15-16H2,(H,31,36);2H,1H3. The number of rotatable bonds is 7. The lowest BCUT2D eigenvalue weighted by Crippen LogP contribution is -2.49. The fraction of sp³-hybridized carbons (Fsp3) is 0.345. The molecule has 2 aromatic carbocycles. The maximum Gasteiger partial charge on any atom is 0.274 e. The predicted molar refractivity (Wildman–Crippen MR) is 142 cm³/mol. The zero-order chi connectivity index (χ0) is 28.8. The second-order valence-corrected chi connectivity index (χ2v) is 9.53. The molecule has 2 aliphatic heterocycles. The Morgan fingerprint density at radius 1 is 1.10 bits per heavy atom. The third kappa shape index (κ3) is 5.90. The van der Waals surface area contributed by atoms with Crippen LogP contribution >= 0.6 is 0 Å². The summed E-state index contributed by atoms with van der Waals surface area (Å²) in [6, 6.07) is 11.5. The highest BCUT2D eigenvalue weighted by molar-refractivity contribution is 5.99. The van der Waals surface area contributed by atoms with Crippen LogP contribution in [0.15, 0.2) is 59.5 Å². The van der Waals surface area contributed by atoms with E-state index in [1.165, 1.54) is 12.3 Å². The smallest absolute Gasteiger partial charge is 0.274 e. The molecule has 11 heteroatoms. The average molecular weight is 556 g/mol. The number of hydrogen-bond donors (Lipinski definition) is 3. The summed E-state index contributed by atoms with van der Waals surface area (Å²) in [5, 5.41) is 19.4. The lowest BCUT2D eigenvalue weighted by Gasteiger charge is -2.38. The Bertz CT molecular complexity index is 1430. The fourth-order valence-corrected chi connectivity index (χ4v) is 5.08. The van der Waals surface area contributed by atoms with Crippen LogP contribution in [0.3, 0.4) is 0 Å². The van der Waals surface area contributed by atoms with Crippen molar-refractivity contribution in [3.05, 3.63) is 99.0 Å². The van der Waals surface area contributed by atoms with Crippen LogP contribution in [0.1, 0.15) is 57.3 Å². The van der Waals surface area contributed by atoms with E-state index in [0.29, 0.717) is 25.5 Å². The number of ether oxygens (including phenoxy) is 1. The molecule has 9 nitrogen and oxygen atoms in total. The first-order valence-electron chi connectivity index (χ1n) is 12.9.